The Kier molecular flexibility index (Phi) is 6.06. The van der Waals surface area contributed by atoms with Crippen LogP contribution in [0.1, 0.15) is 16.8 Å². The predicted octanol–water partition coefficient (Wildman–Crippen LogP) is 4.92. The lowest BCUT2D eigenvalue weighted by Crippen LogP contribution is -2.20. The van der Waals surface area contributed by atoms with Gasteiger partial charge in [-0.25, -0.2) is 0 Å². The van der Waals surface area contributed by atoms with Crippen molar-refractivity contribution in [1.29, 1.82) is 0 Å². The van der Waals surface area contributed by atoms with Gasteiger partial charge in [-0.05, 0) is 36.4 Å². The molecular weight excluding hydrogens is 388 g/mol. The standard InChI is InChI=1S/C16H12BrClO3S/c17-11-3-1-10(2-4-11)14(19)9-15(16(20)21)22-13-7-5-12(18)6-8-13/h1-8,15H,9H2,(H,20,21)/t15-/m1/s1. The van der Waals surface area contributed by atoms with Crippen LogP contribution in [0.2, 0.25) is 5.02 Å². The second kappa shape index (κ2) is 7.81. The molecule has 2 rings (SSSR count). The van der Waals surface area contributed by atoms with E-state index in [1.807, 2.05) is 0 Å². The number of rotatable bonds is 6. The highest BCUT2D eigenvalue weighted by Gasteiger charge is 2.23. The number of halogens is 2. The predicted molar refractivity (Wildman–Crippen MR) is 91.8 cm³/mol. The number of ketones is 1. The summed E-state index contributed by atoms with van der Waals surface area (Å²) < 4.78 is 0.870. The van der Waals surface area contributed by atoms with Crippen LogP contribution in [0.3, 0.4) is 0 Å². The van der Waals surface area contributed by atoms with Crippen molar-refractivity contribution in [3.8, 4) is 0 Å². The molecule has 0 saturated heterocycles. The summed E-state index contributed by atoms with van der Waals surface area (Å²) in [5.41, 5.74) is 0.506. The molecule has 2 aromatic carbocycles. The lowest BCUT2D eigenvalue weighted by atomic mass is 10.1. The number of hydrogen-bond acceptors (Lipinski definition) is 3. The maximum Gasteiger partial charge on any atom is 0.317 e. The Bertz CT molecular complexity index is 671. The summed E-state index contributed by atoms with van der Waals surface area (Å²) in [6.07, 6.45) is -0.0652. The van der Waals surface area contributed by atoms with Gasteiger partial charge in [0.2, 0.25) is 0 Å². The average molecular weight is 400 g/mol. The Hall–Kier alpha value is -1.30. The highest BCUT2D eigenvalue weighted by molar-refractivity contribution is 9.10. The number of aliphatic carboxylic acids is 1. The first-order valence-electron chi connectivity index (χ1n) is 6.39. The van der Waals surface area contributed by atoms with E-state index in [1.54, 1.807) is 48.5 Å². The highest BCUT2D eigenvalue weighted by atomic mass is 79.9. The Balaban J connectivity index is 2.08. The zero-order chi connectivity index (χ0) is 16.1. The lowest BCUT2D eigenvalue weighted by Gasteiger charge is -2.11. The second-order valence-corrected chi connectivity index (χ2v) is 7.16. The second-order valence-electron chi connectivity index (χ2n) is 4.53. The van der Waals surface area contributed by atoms with Crippen LogP contribution in [0.5, 0.6) is 0 Å². The Morgan fingerprint density at radius 3 is 2.23 bits per heavy atom. The van der Waals surface area contributed by atoms with Crippen LogP contribution in [-0.4, -0.2) is 22.1 Å². The molecule has 0 bridgehead atoms. The third-order valence-corrected chi connectivity index (χ3v) is 4.88. The molecule has 0 heterocycles. The van der Waals surface area contributed by atoms with E-state index in [4.69, 9.17) is 11.6 Å². The van der Waals surface area contributed by atoms with Crippen molar-refractivity contribution in [1.82, 2.24) is 0 Å². The van der Waals surface area contributed by atoms with Gasteiger partial charge in [0, 0.05) is 26.4 Å². The summed E-state index contributed by atoms with van der Waals surface area (Å²) in [6.45, 7) is 0. The molecule has 0 radical (unpaired) electrons. The molecule has 0 spiro atoms. The molecule has 0 amide bonds. The maximum absolute atomic E-state index is 12.2. The van der Waals surface area contributed by atoms with E-state index < -0.39 is 11.2 Å². The first kappa shape index (κ1) is 17.1. The number of benzene rings is 2. The van der Waals surface area contributed by atoms with Crippen LogP contribution in [0, 0.1) is 0 Å². The van der Waals surface area contributed by atoms with Crippen molar-refractivity contribution >= 4 is 51.0 Å². The fraction of sp³-hybridized carbons (Fsp3) is 0.125. The van der Waals surface area contributed by atoms with Gasteiger partial charge >= 0.3 is 5.97 Å². The molecule has 0 saturated carbocycles. The van der Waals surface area contributed by atoms with Gasteiger partial charge in [0.25, 0.3) is 0 Å². The quantitative estimate of drug-likeness (QED) is 0.553. The summed E-state index contributed by atoms with van der Waals surface area (Å²) in [7, 11) is 0. The SMILES string of the molecule is O=C(C[C@@H](Sc1ccc(Cl)cc1)C(=O)O)c1ccc(Br)cc1. The summed E-state index contributed by atoms with van der Waals surface area (Å²) in [4.78, 5) is 24.4. The van der Waals surface area contributed by atoms with Crippen LogP contribution >= 0.6 is 39.3 Å². The van der Waals surface area contributed by atoms with Gasteiger partial charge in [0.15, 0.2) is 5.78 Å². The molecule has 6 heteroatoms. The van der Waals surface area contributed by atoms with Gasteiger partial charge in [0.1, 0.15) is 5.25 Å². The van der Waals surface area contributed by atoms with Crippen LogP contribution in [0.15, 0.2) is 57.9 Å². The van der Waals surface area contributed by atoms with Crippen LogP contribution in [0.25, 0.3) is 0 Å². The molecule has 0 fully saturated rings. The van der Waals surface area contributed by atoms with Crippen LogP contribution in [-0.2, 0) is 4.79 Å². The number of carbonyl (C=O) groups excluding carboxylic acids is 1. The molecule has 1 atom stereocenters. The van der Waals surface area contributed by atoms with Crippen molar-refractivity contribution in [2.24, 2.45) is 0 Å². The number of thioether (sulfide) groups is 1. The molecule has 0 aliphatic heterocycles. The van der Waals surface area contributed by atoms with E-state index in [9.17, 15) is 14.7 Å². The molecular formula is C16H12BrClO3S. The van der Waals surface area contributed by atoms with Gasteiger partial charge < -0.3 is 5.11 Å². The third-order valence-electron chi connectivity index (χ3n) is 2.90. The topological polar surface area (TPSA) is 54.4 Å². The zero-order valence-electron chi connectivity index (χ0n) is 11.3. The van der Waals surface area contributed by atoms with E-state index in [1.165, 1.54) is 0 Å². The summed E-state index contributed by atoms with van der Waals surface area (Å²) >= 11 is 10.2. The highest BCUT2D eigenvalue weighted by Crippen LogP contribution is 2.28. The number of carboxylic acid groups (broad SMARTS) is 1. The minimum Gasteiger partial charge on any atom is -0.480 e. The smallest absolute Gasteiger partial charge is 0.317 e. The van der Waals surface area contributed by atoms with E-state index in [-0.39, 0.29) is 12.2 Å². The van der Waals surface area contributed by atoms with E-state index in [0.29, 0.717) is 10.6 Å². The molecule has 0 unspecified atom stereocenters. The fourth-order valence-corrected chi connectivity index (χ4v) is 3.13. The Morgan fingerprint density at radius 1 is 1.09 bits per heavy atom. The molecule has 1 N–H and O–H groups in total. The van der Waals surface area contributed by atoms with Crippen molar-refractivity contribution in [3.63, 3.8) is 0 Å². The summed E-state index contributed by atoms with van der Waals surface area (Å²) in [6, 6.07) is 13.8. The van der Waals surface area contributed by atoms with E-state index >= 15 is 0 Å². The number of carbonyl (C=O) groups is 2. The minimum atomic E-state index is -1.01. The zero-order valence-corrected chi connectivity index (χ0v) is 14.5. The normalized spacial score (nSPS) is 11.9. The monoisotopic (exact) mass is 398 g/mol. The molecule has 0 aromatic heterocycles. The van der Waals surface area contributed by atoms with Gasteiger partial charge in [-0.3, -0.25) is 9.59 Å². The number of carboxylic acids is 1. The van der Waals surface area contributed by atoms with E-state index in [0.717, 1.165) is 21.1 Å². The van der Waals surface area contributed by atoms with Gasteiger partial charge in [-0.2, -0.15) is 0 Å². The molecule has 114 valence electrons. The van der Waals surface area contributed by atoms with Gasteiger partial charge in [-0.15, -0.1) is 11.8 Å². The molecule has 0 aliphatic rings. The first-order chi connectivity index (χ1) is 10.5. The van der Waals surface area contributed by atoms with Gasteiger partial charge in [0.05, 0.1) is 0 Å². The Morgan fingerprint density at radius 2 is 1.68 bits per heavy atom. The van der Waals surface area contributed by atoms with Crippen molar-refractivity contribution in [2.45, 2.75) is 16.6 Å². The number of Topliss-reactive ketones (excluding diaryl/α,β-unsaturated/α-hetero) is 1. The molecule has 2 aromatic rings. The summed E-state index contributed by atoms with van der Waals surface area (Å²) in [5, 5.41) is 9.07. The molecule has 22 heavy (non-hydrogen) atoms. The van der Waals surface area contributed by atoms with Crippen molar-refractivity contribution < 1.29 is 14.7 Å². The minimum absolute atomic E-state index is 0.0652. The first-order valence-corrected chi connectivity index (χ1v) is 8.44. The third kappa shape index (κ3) is 4.87. The summed E-state index contributed by atoms with van der Waals surface area (Å²) in [5.74, 6) is -1.20. The van der Waals surface area contributed by atoms with Crippen LogP contribution in [0.4, 0.5) is 0 Å². The van der Waals surface area contributed by atoms with Gasteiger partial charge in [-0.1, -0.05) is 39.7 Å². The number of hydrogen-bond donors (Lipinski definition) is 1. The van der Waals surface area contributed by atoms with Crippen molar-refractivity contribution in [2.75, 3.05) is 0 Å². The Labute approximate surface area is 145 Å². The molecule has 0 aliphatic carbocycles. The fourth-order valence-electron chi connectivity index (χ4n) is 1.78. The van der Waals surface area contributed by atoms with Crippen LogP contribution < -0.4 is 0 Å². The average Bonchev–Trinajstić information content (AvgIpc) is 2.49. The molecule has 3 nitrogen and oxygen atoms in total. The maximum atomic E-state index is 12.2. The largest absolute Gasteiger partial charge is 0.480 e. The lowest BCUT2D eigenvalue weighted by molar-refractivity contribution is -0.136. The van der Waals surface area contributed by atoms with Crippen molar-refractivity contribution in [3.05, 3.63) is 63.6 Å². The van der Waals surface area contributed by atoms with E-state index in [2.05, 4.69) is 15.9 Å².